The van der Waals surface area contributed by atoms with Gasteiger partial charge in [0.1, 0.15) is 5.76 Å². The molecular weight excluding hydrogens is 314 g/mol. The molecule has 1 aromatic heterocycles. The molecule has 128 valence electrons. The molecule has 1 unspecified atom stereocenters. The van der Waals surface area contributed by atoms with Crippen molar-refractivity contribution in [2.45, 2.75) is 51.6 Å². The van der Waals surface area contributed by atoms with Crippen molar-refractivity contribution in [3.63, 3.8) is 0 Å². The van der Waals surface area contributed by atoms with Crippen LogP contribution in [-0.2, 0) is 9.16 Å². The van der Waals surface area contributed by atoms with Crippen LogP contribution in [0.2, 0.25) is 18.1 Å². The first-order chi connectivity index (χ1) is 10.6. The van der Waals surface area contributed by atoms with E-state index in [0.29, 0.717) is 13.0 Å². The molecule has 0 spiro atoms. The van der Waals surface area contributed by atoms with Gasteiger partial charge in [0.05, 0.1) is 6.61 Å². The van der Waals surface area contributed by atoms with E-state index in [0.717, 1.165) is 5.76 Å². The Balaban J connectivity index is 1.98. The average molecular weight is 339 g/mol. The smallest absolute Gasteiger partial charge is 0.352 e. The van der Waals surface area contributed by atoms with Crippen LogP contribution in [0.1, 0.15) is 33.4 Å². The molecule has 0 radical (unpaired) electrons. The predicted octanol–water partition coefficient (Wildman–Crippen LogP) is 2.87. The predicted molar refractivity (Wildman–Crippen MR) is 89.9 cm³/mol. The molecule has 8 heteroatoms. The second-order valence-electron chi connectivity index (χ2n) is 7.14. The zero-order valence-electron chi connectivity index (χ0n) is 14.3. The number of nitrogens with zero attached hydrogens (tertiary/aromatic N) is 2. The quantitative estimate of drug-likeness (QED) is 0.634. The number of hydrogen-bond acceptors (Lipinski definition) is 6. The molecule has 0 aliphatic carbocycles. The second-order valence-corrected chi connectivity index (χ2v) is 12.0. The van der Waals surface area contributed by atoms with Crippen molar-refractivity contribution in [3.8, 4) is 0 Å². The van der Waals surface area contributed by atoms with Crippen molar-refractivity contribution in [1.82, 2.24) is 9.55 Å². The van der Waals surface area contributed by atoms with Crippen LogP contribution in [0, 0.1) is 0 Å². The Bertz CT molecular complexity index is 649. The lowest BCUT2D eigenvalue weighted by Crippen LogP contribution is -2.41. The van der Waals surface area contributed by atoms with Crippen LogP contribution in [0.25, 0.3) is 0 Å². The van der Waals surface area contributed by atoms with Crippen LogP contribution in [-0.4, -0.2) is 29.7 Å². The van der Waals surface area contributed by atoms with Crippen molar-refractivity contribution in [2.75, 3.05) is 12.1 Å². The van der Waals surface area contributed by atoms with Crippen molar-refractivity contribution in [2.24, 2.45) is 0 Å². The lowest BCUT2D eigenvalue weighted by Gasteiger charge is -2.36. The minimum Gasteiger partial charge on any atom is -0.472 e. The Labute approximate surface area is 137 Å². The third-order valence-electron chi connectivity index (χ3n) is 4.47. The number of rotatable bonds is 5. The molecule has 0 aromatic carbocycles. The van der Waals surface area contributed by atoms with Gasteiger partial charge >= 0.3 is 5.69 Å². The first-order valence-corrected chi connectivity index (χ1v) is 10.5. The Kier molecular flexibility index (Phi) is 4.97. The molecule has 1 aliphatic rings. The topological polar surface area (TPSA) is 85.6 Å². The van der Waals surface area contributed by atoms with E-state index in [-0.39, 0.29) is 10.9 Å². The van der Waals surface area contributed by atoms with Gasteiger partial charge in [0, 0.05) is 12.6 Å². The molecule has 2 N–H and O–H groups in total. The molecule has 7 nitrogen and oxygen atoms in total. The summed E-state index contributed by atoms with van der Waals surface area (Å²) >= 11 is 0. The Hall–Kier alpha value is -1.64. The number of ether oxygens (including phenoxy) is 1. The van der Waals surface area contributed by atoms with E-state index in [1.807, 2.05) is 11.6 Å². The zero-order chi connectivity index (χ0) is 17.3. The molecular formula is C15H25N3O4Si. The monoisotopic (exact) mass is 339 g/mol. The van der Waals surface area contributed by atoms with Gasteiger partial charge < -0.3 is 9.16 Å². The molecule has 0 bridgehead atoms. The SMILES string of the molecule is CC(C)(C)[Si](C)(C)OCC1=CCC(n2ccc(NO)nc2=O)O1. The number of nitrogens with one attached hydrogen (secondary N) is 1. The molecule has 0 saturated carbocycles. The Morgan fingerprint density at radius 1 is 1.52 bits per heavy atom. The fourth-order valence-corrected chi connectivity index (χ4v) is 2.86. The van der Waals surface area contributed by atoms with E-state index >= 15 is 0 Å². The molecule has 0 amide bonds. The van der Waals surface area contributed by atoms with Gasteiger partial charge in [-0.15, -0.1) is 0 Å². The highest BCUT2D eigenvalue weighted by atomic mass is 28.4. The normalized spacial score (nSPS) is 18.5. The standard InChI is InChI=1S/C15H25N3O4Si/c1-15(2,3)23(4,5)21-10-11-6-7-13(22-11)18-9-8-12(17-20)16-14(18)19/h6,8-9,13,20H,7,10H2,1-5H3,(H,16,17,19). The highest BCUT2D eigenvalue weighted by molar-refractivity contribution is 6.74. The van der Waals surface area contributed by atoms with Crippen LogP contribution in [0.5, 0.6) is 0 Å². The Morgan fingerprint density at radius 3 is 2.78 bits per heavy atom. The van der Waals surface area contributed by atoms with Crippen LogP contribution in [0.4, 0.5) is 5.82 Å². The summed E-state index contributed by atoms with van der Waals surface area (Å²) in [5.41, 5.74) is 1.37. The summed E-state index contributed by atoms with van der Waals surface area (Å²) in [7, 11) is -1.83. The summed E-state index contributed by atoms with van der Waals surface area (Å²) in [5, 5.41) is 8.90. The van der Waals surface area contributed by atoms with Gasteiger partial charge in [0.15, 0.2) is 20.4 Å². The summed E-state index contributed by atoms with van der Waals surface area (Å²) in [5.74, 6) is 0.856. The lowest BCUT2D eigenvalue weighted by molar-refractivity contribution is 0.0607. The molecule has 2 rings (SSSR count). The lowest BCUT2D eigenvalue weighted by atomic mass is 10.2. The molecule has 0 saturated heterocycles. The van der Waals surface area contributed by atoms with E-state index in [1.165, 1.54) is 10.6 Å². The van der Waals surface area contributed by atoms with Gasteiger partial charge in [-0.3, -0.25) is 15.3 Å². The summed E-state index contributed by atoms with van der Waals surface area (Å²) < 4.78 is 13.3. The number of hydrogen-bond donors (Lipinski definition) is 2. The van der Waals surface area contributed by atoms with Gasteiger partial charge in [0.2, 0.25) is 0 Å². The summed E-state index contributed by atoms with van der Waals surface area (Å²) in [6.45, 7) is 11.4. The maximum absolute atomic E-state index is 11.9. The fraction of sp³-hybridized carbons (Fsp3) is 0.600. The van der Waals surface area contributed by atoms with Crippen molar-refractivity contribution in [3.05, 3.63) is 34.6 Å². The highest BCUT2D eigenvalue weighted by Gasteiger charge is 2.37. The number of anilines is 1. The van der Waals surface area contributed by atoms with E-state index in [1.54, 1.807) is 6.20 Å². The molecule has 1 aliphatic heterocycles. The van der Waals surface area contributed by atoms with E-state index in [2.05, 4.69) is 38.8 Å². The molecule has 1 aromatic rings. The minimum absolute atomic E-state index is 0.110. The van der Waals surface area contributed by atoms with Gasteiger partial charge in [-0.05, 0) is 30.3 Å². The largest absolute Gasteiger partial charge is 0.472 e. The van der Waals surface area contributed by atoms with E-state index < -0.39 is 20.2 Å². The molecule has 2 heterocycles. The van der Waals surface area contributed by atoms with Crippen LogP contribution < -0.4 is 11.2 Å². The summed E-state index contributed by atoms with van der Waals surface area (Å²) in [6.07, 6.45) is 3.66. The molecule has 23 heavy (non-hydrogen) atoms. The van der Waals surface area contributed by atoms with Gasteiger partial charge in [0.25, 0.3) is 0 Å². The van der Waals surface area contributed by atoms with Crippen molar-refractivity contribution >= 4 is 14.1 Å². The fourth-order valence-electron chi connectivity index (χ4n) is 1.93. The summed E-state index contributed by atoms with van der Waals surface area (Å²) in [4.78, 5) is 15.6. The maximum atomic E-state index is 11.9. The molecule has 1 atom stereocenters. The van der Waals surface area contributed by atoms with Crippen LogP contribution >= 0.6 is 0 Å². The highest BCUT2D eigenvalue weighted by Crippen LogP contribution is 2.37. The second kappa shape index (κ2) is 6.46. The first-order valence-electron chi connectivity index (χ1n) is 7.63. The number of aromatic nitrogens is 2. The van der Waals surface area contributed by atoms with Crippen LogP contribution in [0.15, 0.2) is 28.9 Å². The molecule has 0 fully saturated rings. The first kappa shape index (κ1) is 17.7. The van der Waals surface area contributed by atoms with Crippen molar-refractivity contribution in [1.29, 1.82) is 0 Å². The van der Waals surface area contributed by atoms with Gasteiger partial charge in [-0.2, -0.15) is 4.98 Å². The average Bonchev–Trinajstić information content (AvgIpc) is 2.92. The van der Waals surface area contributed by atoms with Gasteiger partial charge in [-0.25, -0.2) is 4.79 Å². The Morgan fingerprint density at radius 2 is 2.22 bits per heavy atom. The van der Waals surface area contributed by atoms with Gasteiger partial charge in [-0.1, -0.05) is 20.8 Å². The maximum Gasteiger partial charge on any atom is 0.352 e. The third-order valence-corrected chi connectivity index (χ3v) is 8.95. The third kappa shape index (κ3) is 4.01. The summed E-state index contributed by atoms with van der Waals surface area (Å²) in [6, 6.07) is 1.51. The minimum atomic E-state index is -1.83. The van der Waals surface area contributed by atoms with Crippen LogP contribution in [0.3, 0.4) is 0 Å². The van der Waals surface area contributed by atoms with Crippen molar-refractivity contribution < 1.29 is 14.4 Å². The van der Waals surface area contributed by atoms with E-state index in [4.69, 9.17) is 14.4 Å². The van der Waals surface area contributed by atoms with E-state index in [9.17, 15) is 4.79 Å². The zero-order valence-corrected chi connectivity index (χ0v) is 15.3.